The molecule has 1 aliphatic heterocycles. The quantitative estimate of drug-likeness (QED) is 0.869. The number of hydrogen-bond acceptors (Lipinski definition) is 3. The Bertz CT molecular complexity index is 561. The Hall–Kier alpha value is -2.14. The molecule has 0 bridgehead atoms. The fraction of sp³-hybridized carbons (Fsp3) is 0.286. The van der Waals surface area contributed by atoms with E-state index in [0.29, 0.717) is 12.3 Å². The fourth-order valence-corrected chi connectivity index (χ4v) is 2.15. The summed E-state index contributed by atoms with van der Waals surface area (Å²) in [5.41, 5.74) is 1.68. The zero-order chi connectivity index (χ0) is 13.1. The lowest BCUT2D eigenvalue weighted by molar-refractivity contribution is -0.117. The number of aromatic nitrogens is 2. The molecule has 2 heterocycles. The molecule has 2 N–H and O–H groups in total. The molecule has 1 amide bonds. The van der Waals surface area contributed by atoms with Crippen LogP contribution in [-0.4, -0.2) is 28.8 Å². The van der Waals surface area contributed by atoms with E-state index in [0.717, 1.165) is 24.5 Å². The highest BCUT2D eigenvalue weighted by Gasteiger charge is 2.20. The summed E-state index contributed by atoms with van der Waals surface area (Å²) in [5.74, 6) is 0.531. The number of hydrogen-bond donors (Lipinski definition) is 2. The van der Waals surface area contributed by atoms with Crippen LogP contribution >= 0.6 is 0 Å². The summed E-state index contributed by atoms with van der Waals surface area (Å²) in [6.45, 7) is 1.88. The van der Waals surface area contributed by atoms with Crippen LogP contribution in [0.15, 0.2) is 42.7 Å². The molecule has 5 heteroatoms. The van der Waals surface area contributed by atoms with Crippen molar-refractivity contribution in [2.24, 2.45) is 5.92 Å². The molecule has 0 saturated carbocycles. The molecule has 1 fully saturated rings. The summed E-state index contributed by atoms with van der Waals surface area (Å²) < 4.78 is 1.75. The number of nitrogens with one attached hydrogen (secondary N) is 2. The summed E-state index contributed by atoms with van der Waals surface area (Å²) in [6.07, 6.45) is 4.15. The zero-order valence-corrected chi connectivity index (χ0v) is 10.5. The number of rotatable bonds is 4. The third kappa shape index (κ3) is 2.66. The van der Waals surface area contributed by atoms with Gasteiger partial charge in [0, 0.05) is 18.8 Å². The Balaban J connectivity index is 1.75. The van der Waals surface area contributed by atoms with Crippen LogP contribution in [0.2, 0.25) is 0 Å². The van der Waals surface area contributed by atoms with E-state index in [1.165, 1.54) is 0 Å². The van der Waals surface area contributed by atoms with E-state index in [1.807, 2.05) is 36.5 Å². The van der Waals surface area contributed by atoms with E-state index in [9.17, 15) is 4.79 Å². The van der Waals surface area contributed by atoms with Crippen LogP contribution in [-0.2, 0) is 4.79 Å². The average Bonchev–Trinajstić information content (AvgIpc) is 2.88. The highest BCUT2D eigenvalue weighted by molar-refractivity contribution is 5.93. The van der Waals surface area contributed by atoms with Crippen LogP contribution in [0.1, 0.15) is 6.42 Å². The second-order valence-electron chi connectivity index (χ2n) is 4.74. The van der Waals surface area contributed by atoms with E-state index in [2.05, 4.69) is 15.7 Å². The van der Waals surface area contributed by atoms with Gasteiger partial charge in [0.15, 0.2) is 0 Å². The van der Waals surface area contributed by atoms with Crippen LogP contribution < -0.4 is 10.6 Å². The van der Waals surface area contributed by atoms with Crippen molar-refractivity contribution in [1.29, 1.82) is 0 Å². The maximum atomic E-state index is 12.0. The van der Waals surface area contributed by atoms with Gasteiger partial charge in [0.05, 0.1) is 11.4 Å². The van der Waals surface area contributed by atoms with Crippen molar-refractivity contribution in [3.05, 3.63) is 42.7 Å². The number of carbonyl (C=O) groups is 1. The molecule has 0 atom stereocenters. The highest BCUT2D eigenvalue weighted by atomic mass is 16.1. The van der Waals surface area contributed by atoms with E-state index in [1.54, 1.807) is 10.9 Å². The molecule has 5 nitrogen and oxygen atoms in total. The van der Waals surface area contributed by atoms with E-state index >= 15 is 0 Å². The minimum Gasteiger partial charge on any atom is -0.324 e. The van der Waals surface area contributed by atoms with Crippen molar-refractivity contribution < 1.29 is 4.79 Å². The Morgan fingerprint density at radius 3 is 2.89 bits per heavy atom. The molecule has 98 valence electrons. The topological polar surface area (TPSA) is 59.0 Å². The van der Waals surface area contributed by atoms with Gasteiger partial charge in [-0.25, -0.2) is 4.68 Å². The molecule has 19 heavy (non-hydrogen) atoms. The maximum absolute atomic E-state index is 12.0. The van der Waals surface area contributed by atoms with Gasteiger partial charge in [0.2, 0.25) is 5.91 Å². The van der Waals surface area contributed by atoms with E-state index in [4.69, 9.17) is 0 Å². The largest absolute Gasteiger partial charge is 0.324 e. The summed E-state index contributed by atoms with van der Waals surface area (Å²) in [5, 5.41) is 10.3. The molecule has 0 aliphatic carbocycles. The van der Waals surface area contributed by atoms with Gasteiger partial charge in [0.25, 0.3) is 0 Å². The summed E-state index contributed by atoms with van der Waals surface area (Å²) in [7, 11) is 0. The molecular formula is C14H16N4O. The highest BCUT2D eigenvalue weighted by Crippen LogP contribution is 2.20. The predicted molar refractivity (Wildman–Crippen MR) is 73.2 cm³/mol. The van der Waals surface area contributed by atoms with Crippen molar-refractivity contribution >= 4 is 11.6 Å². The van der Waals surface area contributed by atoms with Gasteiger partial charge >= 0.3 is 0 Å². The Morgan fingerprint density at radius 2 is 2.21 bits per heavy atom. The van der Waals surface area contributed by atoms with Crippen molar-refractivity contribution in [3.63, 3.8) is 0 Å². The normalized spacial score (nSPS) is 14.9. The monoisotopic (exact) mass is 256 g/mol. The van der Waals surface area contributed by atoms with Gasteiger partial charge in [-0.2, -0.15) is 5.10 Å². The first-order valence-corrected chi connectivity index (χ1v) is 6.42. The Labute approximate surface area is 111 Å². The molecule has 1 aliphatic rings. The number of benzene rings is 1. The molecule has 1 aromatic carbocycles. The average molecular weight is 256 g/mol. The van der Waals surface area contributed by atoms with Crippen molar-refractivity contribution in [2.45, 2.75) is 6.42 Å². The fourth-order valence-electron chi connectivity index (χ4n) is 2.15. The third-order valence-corrected chi connectivity index (χ3v) is 3.27. The molecule has 0 unspecified atom stereocenters. The van der Waals surface area contributed by atoms with Crippen LogP contribution in [0.4, 0.5) is 5.69 Å². The molecule has 2 aromatic rings. The van der Waals surface area contributed by atoms with Crippen molar-refractivity contribution in [3.8, 4) is 5.69 Å². The van der Waals surface area contributed by atoms with E-state index in [-0.39, 0.29) is 5.91 Å². The third-order valence-electron chi connectivity index (χ3n) is 3.27. The van der Waals surface area contributed by atoms with Crippen LogP contribution in [0.5, 0.6) is 0 Å². The summed E-state index contributed by atoms with van der Waals surface area (Å²) >= 11 is 0. The summed E-state index contributed by atoms with van der Waals surface area (Å²) in [6, 6.07) is 9.54. The summed E-state index contributed by atoms with van der Waals surface area (Å²) in [4.78, 5) is 12.0. The van der Waals surface area contributed by atoms with E-state index < -0.39 is 0 Å². The first-order valence-electron chi connectivity index (χ1n) is 6.42. The number of para-hydroxylation sites is 2. The first-order chi connectivity index (χ1) is 9.33. The molecule has 0 radical (unpaired) electrons. The first kappa shape index (κ1) is 11.9. The second-order valence-corrected chi connectivity index (χ2v) is 4.74. The smallest absolute Gasteiger partial charge is 0.224 e. The molecule has 1 aromatic heterocycles. The maximum Gasteiger partial charge on any atom is 0.224 e. The Morgan fingerprint density at radius 1 is 1.37 bits per heavy atom. The Kier molecular flexibility index (Phi) is 3.29. The lowest BCUT2D eigenvalue weighted by Crippen LogP contribution is -2.43. The van der Waals surface area contributed by atoms with Crippen molar-refractivity contribution in [1.82, 2.24) is 15.1 Å². The van der Waals surface area contributed by atoms with Gasteiger partial charge in [-0.05, 0) is 37.2 Å². The SMILES string of the molecule is O=C(CC1CNC1)Nc1ccccc1-n1cccn1. The van der Waals surface area contributed by atoms with Gasteiger partial charge < -0.3 is 10.6 Å². The molecule has 0 spiro atoms. The molecule has 3 rings (SSSR count). The molecular weight excluding hydrogens is 240 g/mol. The second kappa shape index (κ2) is 5.24. The minimum absolute atomic E-state index is 0.0612. The van der Waals surface area contributed by atoms with Gasteiger partial charge in [-0.15, -0.1) is 0 Å². The van der Waals surface area contributed by atoms with Crippen LogP contribution in [0.3, 0.4) is 0 Å². The standard InChI is InChI=1S/C14H16N4O/c19-14(8-11-9-15-10-11)17-12-4-1-2-5-13(12)18-7-3-6-16-18/h1-7,11,15H,8-10H2,(H,17,19). The van der Waals surface area contributed by atoms with Crippen LogP contribution in [0.25, 0.3) is 5.69 Å². The predicted octanol–water partition coefficient (Wildman–Crippen LogP) is 1.42. The van der Waals surface area contributed by atoms with Gasteiger partial charge in [-0.1, -0.05) is 12.1 Å². The van der Waals surface area contributed by atoms with Crippen LogP contribution in [0, 0.1) is 5.92 Å². The lowest BCUT2D eigenvalue weighted by Gasteiger charge is -2.26. The lowest BCUT2D eigenvalue weighted by atomic mass is 9.99. The van der Waals surface area contributed by atoms with Gasteiger partial charge in [-0.3, -0.25) is 4.79 Å². The van der Waals surface area contributed by atoms with Gasteiger partial charge in [0.1, 0.15) is 0 Å². The molecule has 1 saturated heterocycles. The zero-order valence-electron chi connectivity index (χ0n) is 10.5. The number of amides is 1. The van der Waals surface area contributed by atoms with Crippen molar-refractivity contribution in [2.75, 3.05) is 18.4 Å². The number of anilines is 1. The number of carbonyl (C=O) groups excluding carboxylic acids is 1. The number of nitrogens with zero attached hydrogens (tertiary/aromatic N) is 2. The minimum atomic E-state index is 0.0612.